The molecule has 5 heteroatoms. The highest BCUT2D eigenvalue weighted by molar-refractivity contribution is 6.11. The fraction of sp³-hybridized carbons (Fsp3) is 0.333. The van der Waals surface area contributed by atoms with E-state index >= 15 is 0 Å². The van der Waals surface area contributed by atoms with Gasteiger partial charge < -0.3 is 14.2 Å². The number of carbonyl (C=O) groups excluding carboxylic acids is 1. The van der Waals surface area contributed by atoms with Crippen molar-refractivity contribution in [1.29, 1.82) is 0 Å². The highest BCUT2D eigenvalue weighted by Gasteiger charge is 2.54. The van der Waals surface area contributed by atoms with E-state index in [1.165, 1.54) is 0 Å². The van der Waals surface area contributed by atoms with Gasteiger partial charge in [0.05, 0.1) is 18.3 Å². The number of nitrogens with zero attached hydrogens (tertiary/aromatic N) is 2. The van der Waals surface area contributed by atoms with Gasteiger partial charge in [0.15, 0.2) is 11.4 Å². The number of aliphatic hydroxyl groups is 1. The van der Waals surface area contributed by atoms with Crippen molar-refractivity contribution in [2.75, 3.05) is 6.61 Å². The lowest BCUT2D eigenvalue weighted by atomic mass is 9.72. The summed E-state index contributed by atoms with van der Waals surface area (Å²) in [5.41, 5.74) is 0.234. The maximum absolute atomic E-state index is 12.3. The lowest BCUT2D eigenvalue weighted by Crippen LogP contribution is -2.48. The minimum atomic E-state index is -1.60. The molecule has 0 radical (unpaired) electrons. The molecule has 0 spiro atoms. The summed E-state index contributed by atoms with van der Waals surface area (Å²) < 4.78 is 7.14. The van der Waals surface area contributed by atoms with Gasteiger partial charge in [-0.05, 0) is 26.8 Å². The molecule has 5 nitrogen and oxygen atoms in total. The molecular formula is C15H16N2O3. The Morgan fingerprint density at radius 2 is 2.20 bits per heavy atom. The van der Waals surface area contributed by atoms with Gasteiger partial charge in [-0.15, -0.1) is 0 Å². The molecular weight excluding hydrogens is 256 g/mol. The number of rotatable bonds is 3. The summed E-state index contributed by atoms with van der Waals surface area (Å²) in [7, 11) is 0. The molecule has 1 N–H and O–H groups in total. The number of aromatic nitrogens is 2. The monoisotopic (exact) mass is 272 g/mol. The van der Waals surface area contributed by atoms with Crippen LogP contribution in [0.4, 0.5) is 0 Å². The molecule has 0 saturated heterocycles. The summed E-state index contributed by atoms with van der Waals surface area (Å²) in [6, 6.07) is 3.55. The SMILES string of the molecule is CCOC1=C(C)C(O)(c2cccn3c(C)ncc23)C1=O. The summed E-state index contributed by atoms with van der Waals surface area (Å²) in [5, 5.41) is 10.8. The van der Waals surface area contributed by atoms with Gasteiger partial charge in [-0.3, -0.25) is 4.79 Å². The number of hydrogen-bond donors (Lipinski definition) is 1. The molecule has 20 heavy (non-hydrogen) atoms. The van der Waals surface area contributed by atoms with Crippen molar-refractivity contribution in [3.63, 3.8) is 0 Å². The van der Waals surface area contributed by atoms with Crippen LogP contribution in [-0.4, -0.2) is 26.9 Å². The van der Waals surface area contributed by atoms with E-state index in [1.807, 2.05) is 24.4 Å². The topological polar surface area (TPSA) is 63.8 Å². The maximum Gasteiger partial charge on any atom is 0.237 e. The van der Waals surface area contributed by atoms with E-state index in [1.54, 1.807) is 25.3 Å². The number of ketones is 1. The van der Waals surface area contributed by atoms with Gasteiger partial charge in [0.2, 0.25) is 5.78 Å². The molecule has 0 aliphatic heterocycles. The molecule has 0 bridgehead atoms. The third-order valence-corrected chi connectivity index (χ3v) is 3.85. The van der Waals surface area contributed by atoms with Gasteiger partial charge in [-0.25, -0.2) is 4.98 Å². The fourth-order valence-electron chi connectivity index (χ4n) is 2.71. The highest BCUT2D eigenvalue weighted by Crippen LogP contribution is 2.44. The Hall–Kier alpha value is -2.14. The van der Waals surface area contributed by atoms with E-state index in [2.05, 4.69) is 4.98 Å². The lowest BCUT2D eigenvalue weighted by Gasteiger charge is -2.38. The highest BCUT2D eigenvalue weighted by atomic mass is 16.5. The van der Waals surface area contributed by atoms with Crippen LogP contribution in [0.5, 0.6) is 0 Å². The molecule has 0 amide bonds. The Balaban J connectivity index is 2.20. The predicted octanol–water partition coefficient (Wildman–Crippen LogP) is 1.72. The molecule has 0 aromatic carbocycles. The summed E-state index contributed by atoms with van der Waals surface area (Å²) >= 11 is 0. The number of hydrogen-bond acceptors (Lipinski definition) is 4. The van der Waals surface area contributed by atoms with Crippen molar-refractivity contribution in [3.8, 4) is 0 Å². The van der Waals surface area contributed by atoms with Crippen molar-refractivity contribution >= 4 is 11.3 Å². The third kappa shape index (κ3) is 1.41. The van der Waals surface area contributed by atoms with Crippen molar-refractivity contribution in [1.82, 2.24) is 9.38 Å². The zero-order valence-electron chi connectivity index (χ0n) is 11.7. The Bertz CT molecular complexity index is 745. The Morgan fingerprint density at radius 3 is 2.85 bits per heavy atom. The van der Waals surface area contributed by atoms with Crippen molar-refractivity contribution in [2.45, 2.75) is 26.4 Å². The number of pyridine rings is 1. The molecule has 3 rings (SSSR count). The van der Waals surface area contributed by atoms with E-state index in [9.17, 15) is 9.90 Å². The van der Waals surface area contributed by atoms with Crippen molar-refractivity contribution in [3.05, 3.63) is 47.2 Å². The van der Waals surface area contributed by atoms with Gasteiger partial charge in [0, 0.05) is 17.3 Å². The maximum atomic E-state index is 12.3. The quantitative estimate of drug-likeness (QED) is 0.924. The molecule has 1 aliphatic rings. The molecule has 1 unspecified atom stereocenters. The standard InChI is InChI=1S/C15H16N2O3/c1-4-20-13-9(2)15(19,14(13)18)11-6-5-7-17-10(3)16-8-12(11)17/h5-8,19H,4H2,1-3H3. The van der Waals surface area contributed by atoms with Crippen LogP contribution in [-0.2, 0) is 15.1 Å². The predicted molar refractivity (Wildman–Crippen MR) is 73.2 cm³/mol. The number of aryl methyl sites for hydroxylation is 1. The van der Waals surface area contributed by atoms with Crippen LogP contribution >= 0.6 is 0 Å². The van der Waals surface area contributed by atoms with Gasteiger partial charge >= 0.3 is 0 Å². The first-order valence-corrected chi connectivity index (χ1v) is 6.56. The largest absolute Gasteiger partial charge is 0.490 e. The van der Waals surface area contributed by atoms with Crippen molar-refractivity contribution in [2.24, 2.45) is 0 Å². The molecule has 2 aromatic heterocycles. The van der Waals surface area contributed by atoms with Crippen LogP contribution in [0.15, 0.2) is 35.9 Å². The molecule has 104 valence electrons. The van der Waals surface area contributed by atoms with Gasteiger partial charge in [0.25, 0.3) is 0 Å². The van der Waals surface area contributed by atoms with E-state index in [-0.39, 0.29) is 11.5 Å². The van der Waals surface area contributed by atoms with E-state index in [0.717, 1.165) is 11.3 Å². The Morgan fingerprint density at radius 1 is 1.45 bits per heavy atom. The molecule has 0 saturated carbocycles. The Kier molecular flexibility index (Phi) is 2.69. The minimum Gasteiger partial charge on any atom is -0.490 e. The zero-order valence-corrected chi connectivity index (χ0v) is 11.7. The van der Waals surface area contributed by atoms with Gasteiger partial charge in [0.1, 0.15) is 5.82 Å². The van der Waals surface area contributed by atoms with E-state index in [4.69, 9.17) is 4.74 Å². The summed E-state index contributed by atoms with van der Waals surface area (Å²) in [6.07, 6.45) is 3.53. The summed E-state index contributed by atoms with van der Waals surface area (Å²) in [5.74, 6) is 0.695. The molecule has 1 atom stereocenters. The zero-order chi connectivity index (χ0) is 14.5. The van der Waals surface area contributed by atoms with Gasteiger partial charge in [-0.1, -0.05) is 6.07 Å². The molecule has 2 heterocycles. The molecule has 0 fully saturated rings. The number of fused-ring (bicyclic) bond motifs is 1. The van der Waals surface area contributed by atoms with Gasteiger partial charge in [-0.2, -0.15) is 0 Å². The summed E-state index contributed by atoms with van der Waals surface area (Å²) in [6.45, 7) is 5.81. The first-order chi connectivity index (χ1) is 9.51. The Labute approximate surface area is 116 Å². The summed E-state index contributed by atoms with van der Waals surface area (Å²) in [4.78, 5) is 16.5. The van der Waals surface area contributed by atoms with Crippen LogP contribution in [0, 0.1) is 6.92 Å². The van der Waals surface area contributed by atoms with E-state index in [0.29, 0.717) is 17.7 Å². The van der Waals surface area contributed by atoms with Crippen LogP contribution in [0.2, 0.25) is 0 Å². The average Bonchev–Trinajstić information content (AvgIpc) is 2.85. The van der Waals surface area contributed by atoms with Crippen LogP contribution in [0.3, 0.4) is 0 Å². The molecule has 2 aromatic rings. The second kappa shape index (κ2) is 4.18. The smallest absolute Gasteiger partial charge is 0.237 e. The normalized spacial score (nSPS) is 22.3. The first kappa shape index (κ1) is 12.9. The number of Topliss-reactive ketones (excluding diaryl/α,β-unsaturated/α-hetero) is 1. The van der Waals surface area contributed by atoms with Crippen LogP contribution < -0.4 is 0 Å². The second-order valence-electron chi connectivity index (χ2n) is 4.91. The van der Waals surface area contributed by atoms with Crippen LogP contribution in [0.1, 0.15) is 25.2 Å². The number of carbonyl (C=O) groups is 1. The number of ether oxygens (including phenoxy) is 1. The van der Waals surface area contributed by atoms with Crippen LogP contribution in [0.25, 0.3) is 5.52 Å². The average molecular weight is 272 g/mol. The second-order valence-corrected chi connectivity index (χ2v) is 4.91. The first-order valence-electron chi connectivity index (χ1n) is 6.56. The fourth-order valence-corrected chi connectivity index (χ4v) is 2.71. The van der Waals surface area contributed by atoms with Crippen molar-refractivity contribution < 1.29 is 14.6 Å². The minimum absolute atomic E-state index is 0.272. The lowest BCUT2D eigenvalue weighted by molar-refractivity contribution is -0.140. The third-order valence-electron chi connectivity index (χ3n) is 3.85. The molecule has 1 aliphatic carbocycles. The van der Waals surface area contributed by atoms with E-state index < -0.39 is 5.60 Å². The number of imidazole rings is 1.